The van der Waals surface area contributed by atoms with Gasteiger partial charge in [0.2, 0.25) is 0 Å². The highest BCUT2D eigenvalue weighted by atomic mass is 35.5. The minimum Gasteiger partial charge on any atom is -0.480 e. The van der Waals surface area contributed by atoms with Crippen molar-refractivity contribution in [2.24, 2.45) is 0 Å². The van der Waals surface area contributed by atoms with Gasteiger partial charge in [-0.25, -0.2) is 9.59 Å². The van der Waals surface area contributed by atoms with Crippen LogP contribution in [0.1, 0.15) is 26.3 Å². The van der Waals surface area contributed by atoms with Crippen molar-refractivity contribution in [1.82, 2.24) is 9.80 Å². The predicted molar refractivity (Wildman–Crippen MR) is 91.1 cm³/mol. The summed E-state index contributed by atoms with van der Waals surface area (Å²) in [5, 5.41) is 10.1. The second kappa shape index (κ2) is 7.40. The van der Waals surface area contributed by atoms with E-state index in [1.165, 1.54) is 4.90 Å². The van der Waals surface area contributed by atoms with E-state index in [0.717, 1.165) is 5.56 Å². The van der Waals surface area contributed by atoms with Crippen LogP contribution in [-0.4, -0.2) is 58.2 Å². The lowest BCUT2D eigenvalue weighted by atomic mass is 10.1. The zero-order valence-corrected chi connectivity index (χ0v) is 14.9. The van der Waals surface area contributed by atoms with E-state index in [1.807, 2.05) is 29.2 Å². The van der Waals surface area contributed by atoms with Gasteiger partial charge in [0.1, 0.15) is 11.6 Å². The van der Waals surface area contributed by atoms with Crippen LogP contribution >= 0.6 is 11.6 Å². The fraction of sp³-hybridized carbons (Fsp3) is 0.529. The number of carboxylic acid groups (broad SMARTS) is 1. The fourth-order valence-corrected chi connectivity index (χ4v) is 2.71. The smallest absolute Gasteiger partial charge is 0.411 e. The largest absolute Gasteiger partial charge is 0.480 e. The van der Waals surface area contributed by atoms with Crippen LogP contribution in [0.3, 0.4) is 0 Å². The highest BCUT2D eigenvalue weighted by molar-refractivity contribution is 6.30. The fourth-order valence-electron chi connectivity index (χ4n) is 2.58. The number of hydrogen-bond donors (Lipinski definition) is 1. The topological polar surface area (TPSA) is 70.1 Å². The van der Waals surface area contributed by atoms with Gasteiger partial charge in [0.05, 0.1) is 0 Å². The standard InChI is InChI=1S/C17H23ClN2O4/c1-17(2,3)24-16(23)20-9-8-19(11-14(20)15(21)22)10-12-4-6-13(18)7-5-12/h4-7,14H,8-11H2,1-3H3,(H,21,22). The first kappa shape index (κ1) is 18.5. The lowest BCUT2D eigenvalue weighted by Crippen LogP contribution is -2.58. The molecule has 0 aliphatic carbocycles. The highest BCUT2D eigenvalue weighted by Crippen LogP contribution is 2.18. The number of hydrogen-bond acceptors (Lipinski definition) is 4. The average molecular weight is 355 g/mol. The number of halogens is 1. The third-order valence-corrected chi connectivity index (χ3v) is 3.95. The molecule has 0 bridgehead atoms. The Bertz CT molecular complexity index is 598. The maximum absolute atomic E-state index is 12.2. The van der Waals surface area contributed by atoms with E-state index in [2.05, 4.69) is 0 Å². The molecule has 1 aromatic carbocycles. The molecule has 24 heavy (non-hydrogen) atoms. The lowest BCUT2D eigenvalue weighted by Gasteiger charge is -2.39. The van der Waals surface area contributed by atoms with Crippen molar-refractivity contribution in [3.63, 3.8) is 0 Å². The highest BCUT2D eigenvalue weighted by Gasteiger charge is 2.37. The Morgan fingerprint density at radius 1 is 1.25 bits per heavy atom. The number of amides is 1. The molecule has 1 heterocycles. The summed E-state index contributed by atoms with van der Waals surface area (Å²) in [6.45, 7) is 7.07. The Morgan fingerprint density at radius 2 is 1.88 bits per heavy atom. The average Bonchev–Trinajstić information content (AvgIpc) is 2.47. The maximum Gasteiger partial charge on any atom is 0.411 e. The van der Waals surface area contributed by atoms with E-state index < -0.39 is 23.7 Å². The maximum atomic E-state index is 12.2. The van der Waals surface area contributed by atoms with Crippen LogP contribution in [0.15, 0.2) is 24.3 Å². The first-order valence-electron chi connectivity index (χ1n) is 7.85. The minimum atomic E-state index is -1.03. The van der Waals surface area contributed by atoms with Crippen molar-refractivity contribution in [2.75, 3.05) is 19.6 Å². The second-order valence-corrected chi connectivity index (χ2v) is 7.33. The Kier molecular flexibility index (Phi) is 5.72. The molecule has 1 aliphatic rings. The number of piperazine rings is 1. The van der Waals surface area contributed by atoms with E-state index in [-0.39, 0.29) is 6.54 Å². The summed E-state index contributed by atoms with van der Waals surface area (Å²) >= 11 is 5.88. The molecule has 1 unspecified atom stereocenters. The van der Waals surface area contributed by atoms with E-state index in [9.17, 15) is 14.7 Å². The molecular weight excluding hydrogens is 332 g/mol. The molecule has 0 aromatic heterocycles. The van der Waals surface area contributed by atoms with Crippen molar-refractivity contribution < 1.29 is 19.4 Å². The van der Waals surface area contributed by atoms with E-state index in [1.54, 1.807) is 20.8 Å². The molecule has 1 fully saturated rings. The zero-order valence-electron chi connectivity index (χ0n) is 14.2. The molecule has 132 valence electrons. The molecule has 7 heteroatoms. The van der Waals surface area contributed by atoms with E-state index in [0.29, 0.717) is 24.7 Å². The van der Waals surface area contributed by atoms with Crippen LogP contribution in [0.4, 0.5) is 4.79 Å². The summed E-state index contributed by atoms with van der Waals surface area (Å²) in [7, 11) is 0. The minimum absolute atomic E-state index is 0.261. The third kappa shape index (κ3) is 5.11. The molecule has 1 aromatic rings. The molecular formula is C17H23ClN2O4. The summed E-state index contributed by atoms with van der Waals surface area (Å²) in [4.78, 5) is 27.1. The van der Waals surface area contributed by atoms with Crippen molar-refractivity contribution >= 4 is 23.7 Å². The summed E-state index contributed by atoms with van der Waals surface area (Å²) in [6, 6.07) is 6.53. The Hall–Kier alpha value is -1.79. The molecule has 1 atom stereocenters. The molecule has 1 N–H and O–H groups in total. The molecule has 1 aliphatic heterocycles. The number of carbonyl (C=O) groups excluding carboxylic acids is 1. The van der Waals surface area contributed by atoms with E-state index in [4.69, 9.17) is 16.3 Å². The summed E-state index contributed by atoms with van der Waals surface area (Å²) in [6.07, 6.45) is -0.582. The second-order valence-electron chi connectivity index (χ2n) is 6.89. The quantitative estimate of drug-likeness (QED) is 0.903. The molecule has 0 radical (unpaired) electrons. The van der Waals surface area contributed by atoms with Gasteiger partial charge in [0, 0.05) is 31.2 Å². The van der Waals surface area contributed by atoms with Gasteiger partial charge in [-0.15, -0.1) is 0 Å². The van der Waals surface area contributed by atoms with Gasteiger partial charge in [0.25, 0.3) is 0 Å². The van der Waals surface area contributed by atoms with Gasteiger partial charge in [-0.3, -0.25) is 9.80 Å². The number of aliphatic carboxylic acids is 1. The molecule has 1 amide bonds. The first-order valence-corrected chi connectivity index (χ1v) is 8.23. The van der Waals surface area contributed by atoms with Gasteiger partial charge in [0.15, 0.2) is 0 Å². The Labute approximate surface area is 146 Å². The number of carbonyl (C=O) groups is 2. The van der Waals surface area contributed by atoms with Gasteiger partial charge >= 0.3 is 12.1 Å². The van der Waals surface area contributed by atoms with Crippen LogP contribution in [0.5, 0.6) is 0 Å². The van der Waals surface area contributed by atoms with Crippen LogP contribution < -0.4 is 0 Å². The van der Waals surface area contributed by atoms with Crippen molar-refractivity contribution in [3.05, 3.63) is 34.9 Å². The van der Waals surface area contributed by atoms with Gasteiger partial charge in [-0.05, 0) is 38.5 Å². The summed E-state index contributed by atoms with van der Waals surface area (Å²) in [5.41, 5.74) is 0.398. The van der Waals surface area contributed by atoms with Crippen LogP contribution in [-0.2, 0) is 16.1 Å². The molecule has 2 rings (SSSR count). The molecule has 1 saturated heterocycles. The van der Waals surface area contributed by atoms with Crippen LogP contribution in [0.25, 0.3) is 0 Å². The summed E-state index contributed by atoms with van der Waals surface area (Å²) < 4.78 is 5.31. The Balaban J connectivity index is 2.03. The molecule has 6 nitrogen and oxygen atoms in total. The number of nitrogens with zero attached hydrogens (tertiary/aromatic N) is 2. The van der Waals surface area contributed by atoms with Crippen molar-refractivity contribution in [3.8, 4) is 0 Å². The number of carboxylic acids is 1. The lowest BCUT2D eigenvalue weighted by molar-refractivity contribution is -0.145. The number of rotatable bonds is 3. The van der Waals surface area contributed by atoms with Gasteiger partial charge < -0.3 is 9.84 Å². The first-order chi connectivity index (χ1) is 11.2. The van der Waals surface area contributed by atoms with Gasteiger partial charge in [-0.2, -0.15) is 0 Å². The predicted octanol–water partition coefficient (Wildman–Crippen LogP) is 2.85. The normalized spacial score (nSPS) is 19.2. The molecule has 0 spiro atoms. The summed E-state index contributed by atoms with van der Waals surface area (Å²) in [5.74, 6) is -1.03. The van der Waals surface area contributed by atoms with E-state index >= 15 is 0 Å². The zero-order chi connectivity index (χ0) is 17.9. The molecule has 0 saturated carbocycles. The number of benzene rings is 1. The monoisotopic (exact) mass is 354 g/mol. The number of ether oxygens (including phenoxy) is 1. The third-order valence-electron chi connectivity index (χ3n) is 3.70. The van der Waals surface area contributed by atoms with Crippen LogP contribution in [0, 0.1) is 0 Å². The van der Waals surface area contributed by atoms with Crippen LogP contribution in [0.2, 0.25) is 5.02 Å². The van der Waals surface area contributed by atoms with Gasteiger partial charge in [-0.1, -0.05) is 23.7 Å². The van der Waals surface area contributed by atoms with Crippen molar-refractivity contribution in [2.45, 2.75) is 39.0 Å². The Morgan fingerprint density at radius 3 is 2.42 bits per heavy atom. The van der Waals surface area contributed by atoms with Crippen molar-refractivity contribution in [1.29, 1.82) is 0 Å². The SMILES string of the molecule is CC(C)(C)OC(=O)N1CCN(Cc2ccc(Cl)cc2)CC1C(=O)O.